The highest BCUT2D eigenvalue weighted by atomic mass is 16.5. The smallest absolute Gasteiger partial charge is 0.321 e. The van der Waals surface area contributed by atoms with Crippen molar-refractivity contribution < 1.29 is 19.7 Å². The summed E-state index contributed by atoms with van der Waals surface area (Å²) in [6.07, 6.45) is -0.633. The van der Waals surface area contributed by atoms with Gasteiger partial charge in [-0.25, -0.2) is 0 Å². The van der Waals surface area contributed by atoms with Crippen LogP contribution in [-0.4, -0.2) is 55.1 Å². The first-order chi connectivity index (χ1) is 6.07. The van der Waals surface area contributed by atoms with Gasteiger partial charge < -0.3 is 26.0 Å². The number of aliphatic hydroxyl groups is 1. The molecule has 0 rings (SSSR count). The van der Waals surface area contributed by atoms with E-state index in [1.165, 1.54) is 7.11 Å². The van der Waals surface area contributed by atoms with Crippen LogP contribution in [0.4, 0.5) is 0 Å². The monoisotopic (exact) mass is 192 g/mol. The predicted octanol–water partition coefficient (Wildman–Crippen LogP) is -2.00. The first kappa shape index (κ1) is 12.3. The molecule has 0 bridgehead atoms. The summed E-state index contributed by atoms with van der Waals surface area (Å²) in [5, 5.41) is 20.2. The summed E-state index contributed by atoms with van der Waals surface area (Å²) >= 11 is 0. The number of aliphatic hydroxyl groups excluding tert-OH is 1. The summed E-state index contributed by atoms with van der Waals surface area (Å²) in [4.78, 5) is 10.2. The van der Waals surface area contributed by atoms with Gasteiger partial charge in [0.2, 0.25) is 0 Å². The molecule has 0 aliphatic carbocycles. The fourth-order valence-electron chi connectivity index (χ4n) is 0.744. The number of hydrogen-bond donors (Lipinski definition) is 4. The van der Waals surface area contributed by atoms with E-state index in [0.717, 1.165) is 0 Å². The van der Waals surface area contributed by atoms with Gasteiger partial charge in [-0.15, -0.1) is 0 Å². The highest BCUT2D eigenvalue weighted by Crippen LogP contribution is 1.82. The van der Waals surface area contributed by atoms with Gasteiger partial charge in [-0.3, -0.25) is 4.79 Å². The highest BCUT2D eigenvalue weighted by Gasteiger charge is 2.11. The largest absolute Gasteiger partial charge is 0.480 e. The molecule has 0 heterocycles. The van der Waals surface area contributed by atoms with Gasteiger partial charge in [0.05, 0.1) is 12.7 Å². The second-order valence-electron chi connectivity index (χ2n) is 2.71. The molecule has 6 nitrogen and oxygen atoms in total. The number of nitrogens with one attached hydrogen (secondary N) is 1. The van der Waals surface area contributed by atoms with Crippen molar-refractivity contribution in [2.75, 3.05) is 26.8 Å². The van der Waals surface area contributed by atoms with Crippen LogP contribution in [-0.2, 0) is 9.53 Å². The molecule has 6 heteroatoms. The number of carboxylic acids is 1. The van der Waals surface area contributed by atoms with E-state index in [2.05, 4.69) is 10.1 Å². The lowest BCUT2D eigenvalue weighted by Crippen LogP contribution is -2.43. The summed E-state index contributed by atoms with van der Waals surface area (Å²) in [6.45, 7) is 0.625. The average molecular weight is 192 g/mol. The number of carboxylic acid groups (broad SMARTS) is 1. The van der Waals surface area contributed by atoms with Crippen LogP contribution >= 0.6 is 0 Å². The Kier molecular flexibility index (Phi) is 6.43. The third-order valence-electron chi connectivity index (χ3n) is 1.42. The van der Waals surface area contributed by atoms with E-state index in [4.69, 9.17) is 15.9 Å². The molecule has 0 aromatic rings. The van der Waals surface area contributed by atoms with Crippen LogP contribution in [0.3, 0.4) is 0 Å². The lowest BCUT2D eigenvalue weighted by atomic mass is 10.3. The topological polar surface area (TPSA) is 105 Å². The zero-order valence-corrected chi connectivity index (χ0v) is 7.56. The number of nitrogens with two attached hydrogens (primary N) is 1. The molecule has 13 heavy (non-hydrogen) atoms. The summed E-state index contributed by atoms with van der Waals surface area (Å²) in [7, 11) is 1.48. The minimum Gasteiger partial charge on any atom is -0.480 e. The average Bonchev–Trinajstić information content (AvgIpc) is 2.04. The molecule has 0 saturated heterocycles. The van der Waals surface area contributed by atoms with Gasteiger partial charge in [-0.1, -0.05) is 0 Å². The minimum absolute atomic E-state index is 0.135. The van der Waals surface area contributed by atoms with Crippen LogP contribution < -0.4 is 11.1 Å². The molecular formula is C7H16N2O4. The van der Waals surface area contributed by atoms with Crippen molar-refractivity contribution in [2.24, 2.45) is 5.73 Å². The van der Waals surface area contributed by atoms with Crippen molar-refractivity contribution >= 4 is 5.97 Å². The van der Waals surface area contributed by atoms with Crippen molar-refractivity contribution in [1.82, 2.24) is 5.32 Å². The van der Waals surface area contributed by atoms with E-state index in [9.17, 15) is 4.79 Å². The molecule has 0 aromatic carbocycles. The second kappa shape index (κ2) is 6.79. The second-order valence-corrected chi connectivity index (χ2v) is 2.71. The van der Waals surface area contributed by atoms with Gasteiger partial charge >= 0.3 is 5.97 Å². The van der Waals surface area contributed by atoms with Crippen molar-refractivity contribution in [2.45, 2.75) is 12.1 Å². The van der Waals surface area contributed by atoms with Crippen molar-refractivity contribution in [3.63, 3.8) is 0 Å². The zero-order valence-electron chi connectivity index (χ0n) is 7.56. The Hall–Kier alpha value is -0.690. The van der Waals surface area contributed by atoms with E-state index in [1.54, 1.807) is 0 Å². The summed E-state index contributed by atoms with van der Waals surface area (Å²) in [6, 6.07) is -0.935. The quantitative estimate of drug-likeness (QED) is 0.372. The summed E-state index contributed by atoms with van der Waals surface area (Å²) < 4.78 is 4.67. The minimum atomic E-state index is -1.06. The molecule has 0 amide bonds. The molecule has 0 aromatic heterocycles. The Morgan fingerprint density at radius 1 is 1.62 bits per heavy atom. The first-order valence-electron chi connectivity index (χ1n) is 3.94. The molecular weight excluding hydrogens is 176 g/mol. The van der Waals surface area contributed by atoms with Crippen molar-refractivity contribution in [3.05, 3.63) is 0 Å². The Morgan fingerprint density at radius 3 is 2.69 bits per heavy atom. The maximum atomic E-state index is 10.2. The van der Waals surface area contributed by atoms with E-state index >= 15 is 0 Å². The van der Waals surface area contributed by atoms with Crippen LogP contribution in [0.1, 0.15) is 0 Å². The number of carbonyl (C=O) groups is 1. The molecule has 0 radical (unpaired) electrons. The Balaban J connectivity index is 3.39. The van der Waals surface area contributed by atoms with Crippen LogP contribution in [0.2, 0.25) is 0 Å². The van der Waals surface area contributed by atoms with Crippen LogP contribution in [0, 0.1) is 0 Å². The molecule has 0 fully saturated rings. The van der Waals surface area contributed by atoms with E-state index in [1.807, 2.05) is 0 Å². The standard InChI is InChI=1S/C7H16N2O4/c1-13-4-5(10)2-9-3-6(8)7(11)12/h5-6,9-10H,2-4,8H2,1H3,(H,11,12). The van der Waals surface area contributed by atoms with E-state index < -0.39 is 18.1 Å². The maximum absolute atomic E-state index is 10.2. The molecule has 78 valence electrons. The molecule has 0 aliphatic rings. The van der Waals surface area contributed by atoms with Crippen molar-refractivity contribution in [3.8, 4) is 0 Å². The van der Waals surface area contributed by atoms with Crippen LogP contribution in [0.5, 0.6) is 0 Å². The SMILES string of the molecule is COCC(O)CNCC(N)C(=O)O. The van der Waals surface area contributed by atoms with Gasteiger partial charge in [0, 0.05) is 20.2 Å². The Morgan fingerprint density at radius 2 is 2.23 bits per heavy atom. The lowest BCUT2D eigenvalue weighted by Gasteiger charge is -2.12. The van der Waals surface area contributed by atoms with Crippen molar-refractivity contribution in [1.29, 1.82) is 0 Å². The normalized spacial score (nSPS) is 15.3. The molecule has 2 unspecified atom stereocenters. The van der Waals surface area contributed by atoms with Gasteiger partial charge in [0.15, 0.2) is 0 Å². The van der Waals surface area contributed by atoms with Gasteiger partial charge in [-0.2, -0.15) is 0 Å². The maximum Gasteiger partial charge on any atom is 0.321 e. The molecule has 2 atom stereocenters. The number of methoxy groups -OCH3 is 1. The fourth-order valence-corrected chi connectivity index (χ4v) is 0.744. The number of rotatable bonds is 7. The van der Waals surface area contributed by atoms with Gasteiger partial charge in [0.25, 0.3) is 0 Å². The summed E-state index contributed by atoms with van der Waals surface area (Å²) in [5.74, 6) is -1.06. The Bertz CT molecular complexity index is 153. The fraction of sp³-hybridized carbons (Fsp3) is 0.857. The number of aliphatic carboxylic acids is 1. The highest BCUT2D eigenvalue weighted by molar-refractivity contribution is 5.73. The van der Waals surface area contributed by atoms with Crippen LogP contribution in [0.15, 0.2) is 0 Å². The lowest BCUT2D eigenvalue weighted by molar-refractivity contribution is -0.138. The molecule has 0 aliphatic heterocycles. The van der Waals surface area contributed by atoms with Crippen LogP contribution in [0.25, 0.3) is 0 Å². The molecule has 0 spiro atoms. The van der Waals surface area contributed by atoms with Gasteiger partial charge in [-0.05, 0) is 0 Å². The third-order valence-corrected chi connectivity index (χ3v) is 1.42. The third kappa shape index (κ3) is 6.47. The molecule has 0 saturated carbocycles. The van der Waals surface area contributed by atoms with E-state index in [0.29, 0.717) is 0 Å². The summed E-state index contributed by atoms with van der Waals surface area (Å²) in [5.41, 5.74) is 5.20. The van der Waals surface area contributed by atoms with Gasteiger partial charge in [0.1, 0.15) is 6.04 Å². The van der Waals surface area contributed by atoms with E-state index in [-0.39, 0.29) is 19.7 Å². The first-order valence-corrected chi connectivity index (χ1v) is 3.94. The zero-order chi connectivity index (χ0) is 10.3. The Labute approximate surface area is 76.7 Å². The molecule has 5 N–H and O–H groups in total. The predicted molar refractivity (Wildman–Crippen MR) is 46.4 cm³/mol. The number of ether oxygens (including phenoxy) is 1. The number of hydrogen-bond acceptors (Lipinski definition) is 5.